The monoisotopic (exact) mass is 404 g/mol. The molecule has 1 aromatic heterocycles. The van der Waals surface area contributed by atoms with Gasteiger partial charge in [-0.3, -0.25) is 4.79 Å². The molecule has 3 N–H and O–H groups in total. The standard InChI is InChI=1S/C23H21FN4O2/c1-14(2)17-10-22(28-20-4-3-5-21(29)18(20)11-25)26-13-19(17)23(30)27-12-15-6-8-16(24)9-7-15/h3-10,13-14,29H,12H2,1-2H3,(H,26,28)(H,27,30). The summed E-state index contributed by atoms with van der Waals surface area (Å²) >= 11 is 0. The van der Waals surface area contributed by atoms with Gasteiger partial charge >= 0.3 is 0 Å². The van der Waals surface area contributed by atoms with E-state index in [0.717, 1.165) is 11.1 Å². The van der Waals surface area contributed by atoms with Crippen LogP contribution in [0.15, 0.2) is 54.7 Å². The summed E-state index contributed by atoms with van der Waals surface area (Å²) in [7, 11) is 0. The van der Waals surface area contributed by atoms with Crippen molar-refractivity contribution >= 4 is 17.4 Å². The number of benzene rings is 2. The minimum atomic E-state index is -0.328. The molecule has 0 saturated heterocycles. The predicted molar refractivity (Wildman–Crippen MR) is 112 cm³/mol. The number of aromatic hydroxyl groups is 1. The third-order valence-corrected chi connectivity index (χ3v) is 4.59. The van der Waals surface area contributed by atoms with Crippen LogP contribution in [-0.4, -0.2) is 16.0 Å². The molecule has 3 aromatic rings. The van der Waals surface area contributed by atoms with Gasteiger partial charge in [-0.1, -0.05) is 32.0 Å². The van der Waals surface area contributed by atoms with Gasteiger partial charge in [-0.15, -0.1) is 0 Å². The molecule has 0 atom stereocenters. The topological polar surface area (TPSA) is 98.0 Å². The van der Waals surface area contributed by atoms with Gasteiger partial charge in [-0.25, -0.2) is 9.37 Å². The highest BCUT2D eigenvalue weighted by molar-refractivity contribution is 5.96. The second-order valence-corrected chi connectivity index (χ2v) is 7.06. The number of nitriles is 1. The van der Waals surface area contributed by atoms with E-state index in [1.54, 1.807) is 30.3 Å². The van der Waals surface area contributed by atoms with Crippen molar-refractivity contribution in [3.8, 4) is 11.8 Å². The van der Waals surface area contributed by atoms with E-state index < -0.39 is 0 Å². The zero-order valence-corrected chi connectivity index (χ0v) is 16.6. The van der Waals surface area contributed by atoms with Crippen LogP contribution in [0.25, 0.3) is 0 Å². The lowest BCUT2D eigenvalue weighted by molar-refractivity contribution is 0.0949. The molecule has 152 valence electrons. The van der Waals surface area contributed by atoms with E-state index in [4.69, 9.17) is 0 Å². The van der Waals surface area contributed by atoms with E-state index in [1.165, 1.54) is 24.4 Å². The van der Waals surface area contributed by atoms with Crippen molar-refractivity contribution in [2.75, 3.05) is 5.32 Å². The molecule has 0 unspecified atom stereocenters. The lowest BCUT2D eigenvalue weighted by atomic mass is 9.98. The smallest absolute Gasteiger partial charge is 0.253 e. The lowest BCUT2D eigenvalue weighted by Crippen LogP contribution is -2.24. The normalized spacial score (nSPS) is 10.5. The Hall–Kier alpha value is -3.92. The third-order valence-electron chi connectivity index (χ3n) is 4.59. The highest BCUT2D eigenvalue weighted by Gasteiger charge is 2.16. The number of anilines is 2. The molecule has 0 aliphatic heterocycles. The van der Waals surface area contributed by atoms with Crippen LogP contribution in [0.2, 0.25) is 0 Å². The van der Waals surface area contributed by atoms with E-state index in [2.05, 4.69) is 15.6 Å². The van der Waals surface area contributed by atoms with Gasteiger partial charge in [0.15, 0.2) is 0 Å². The highest BCUT2D eigenvalue weighted by Crippen LogP contribution is 2.28. The fraction of sp³-hybridized carbons (Fsp3) is 0.174. The van der Waals surface area contributed by atoms with Crippen molar-refractivity contribution in [3.63, 3.8) is 0 Å². The number of halogens is 1. The summed E-state index contributed by atoms with van der Waals surface area (Å²) in [6.07, 6.45) is 1.48. The van der Waals surface area contributed by atoms with Crippen LogP contribution in [0.5, 0.6) is 5.75 Å². The number of aromatic nitrogens is 1. The summed E-state index contributed by atoms with van der Waals surface area (Å²) in [6.45, 7) is 4.20. The SMILES string of the molecule is CC(C)c1cc(Nc2cccc(O)c2C#N)ncc1C(=O)NCc1ccc(F)cc1. The van der Waals surface area contributed by atoms with Gasteiger partial charge in [0.1, 0.15) is 29.0 Å². The van der Waals surface area contributed by atoms with Crippen LogP contribution in [0, 0.1) is 17.1 Å². The van der Waals surface area contributed by atoms with Crippen molar-refractivity contribution in [2.45, 2.75) is 26.3 Å². The zero-order chi connectivity index (χ0) is 21.7. The maximum atomic E-state index is 13.0. The summed E-state index contributed by atoms with van der Waals surface area (Å²) in [5, 5.41) is 25.0. The van der Waals surface area contributed by atoms with Gasteiger partial charge in [0, 0.05) is 12.7 Å². The molecule has 0 radical (unpaired) electrons. The summed E-state index contributed by atoms with van der Waals surface area (Å²) in [5.74, 6) is -0.234. The number of hydrogen-bond donors (Lipinski definition) is 3. The van der Waals surface area contributed by atoms with Crippen molar-refractivity contribution in [2.24, 2.45) is 0 Å². The Morgan fingerprint density at radius 1 is 1.23 bits per heavy atom. The molecule has 0 aliphatic rings. The number of phenolic OH excluding ortho intramolecular Hbond substituents is 1. The number of pyridine rings is 1. The van der Waals surface area contributed by atoms with Gasteiger partial charge < -0.3 is 15.7 Å². The average Bonchev–Trinajstić information content (AvgIpc) is 2.73. The number of carbonyl (C=O) groups excluding carboxylic acids is 1. The number of carbonyl (C=O) groups is 1. The number of hydrogen-bond acceptors (Lipinski definition) is 5. The average molecular weight is 404 g/mol. The molecule has 6 nitrogen and oxygen atoms in total. The summed E-state index contributed by atoms with van der Waals surface area (Å²) in [4.78, 5) is 17.0. The first-order valence-corrected chi connectivity index (χ1v) is 9.40. The number of nitrogens with zero attached hydrogens (tertiary/aromatic N) is 2. The third kappa shape index (κ3) is 4.73. The van der Waals surface area contributed by atoms with E-state index >= 15 is 0 Å². The first-order valence-electron chi connectivity index (χ1n) is 9.40. The van der Waals surface area contributed by atoms with E-state index in [1.807, 2.05) is 19.9 Å². The van der Waals surface area contributed by atoms with Gasteiger partial charge in [0.25, 0.3) is 5.91 Å². The Morgan fingerprint density at radius 2 is 1.97 bits per heavy atom. The van der Waals surface area contributed by atoms with E-state index in [0.29, 0.717) is 17.1 Å². The Bertz CT molecular complexity index is 1110. The van der Waals surface area contributed by atoms with Crippen LogP contribution in [-0.2, 0) is 6.54 Å². The maximum Gasteiger partial charge on any atom is 0.253 e. The molecule has 1 amide bonds. The lowest BCUT2D eigenvalue weighted by Gasteiger charge is -2.15. The second kappa shape index (κ2) is 9.05. The molecule has 0 bridgehead atoms. The molecule has 0 fully saturated rings. The number of nitrogens with one attached hydrogen (secondary N) is 2. The molecule has 30 heavy (non-hydrogen) atoms. The van der Waals surface area contributed by atoms with Gasteiger partial charge in [0.05, 0.1) is 11.3 Å². The number of rotatable bonds is 6. The molecular weight excluding hydrogens is 383 g/mol. The fourth-order valence-corrected chi connectivity index (χ4v) is 2.99. The van der Waals surface area contributed by atoms with Crippen LogP contribution in [0.1, 0.15) is 46.8 Å². The molecule has 0 spiro atoms. The predicted octanol–water partition coefficient (Wildman–Crippen LogP) is 4.59. The molecule has 1 heterocycles. The Morgan fingerprint density at radius 3 is 2.63 bits per heavy atom. The van der Waals surface area contributed by atoms with Gasteiger partial charge in [-0.05, 0) is 47.4 Å². The highest BCUT2D eigenvalue weighted by atomic mass is 19.1. The molecule has 7 heteroatoms. The zero-order valence-electron chi connectivity index (χ0n) is 16.6. The van der Waals surface area contributed by atoms with Gasteiger partial charge in [0.2, 0.25) is 0 Å². The first-order chi connectivity index (χ1) is 14.4. The van der Waals surface area contributed by atoms with Gasteiger partial charge in [-0.2, -0.15) is 5.26 Å². The van der Waals surface area contributed by atoms with Crippen molar-refractivity contribution in [3.05, 3.63) is 82.8 Å². The summed E-state index contributed by atoms with van der Waals surface area (Å²) in [6, 6.07) is 14.4. The molecule has 3 rings (SSSR count). The second-order valence-electron chi connectivity index (χ2n) is 7.06. The van der Waals surface area contributed by atoms with E-state index in [9.17, 15) is 19.6 Å². The van der Waals surface area contributed by atoms with Crippen LogP contribution < -0.4 is 10.6 Å². The van der Waals surface area contributed by atoms with Crippen molar-refractivity contribution < 1.29 is 14.3 Å². The Kier molecular flexibility index (Phi) is 6.28. The molecule has 0 aliphatic carbocycles. The Labute approximate surface area is 174 Å². The minimum absolute atomic E-state index is 0.0414. The summed E-state index contributed by atoms with van der Waals surface area (Å²) < 4.78 is 13.0. The first kappa shape index (κ1) is 20.8. The number of phenols is 1. The molecule has 0 saturated carbocycles. The summed E-state index contributed by atoms with van der Waals surface area (Å²) in [5.41, 5.74) is 2.55. The quantitative estimate of drug-likeness (QED) is 0.558. The number of amides is 1. The Balaban J connectivity index is 1.81. The van der Waals surface area contributed by atoms with Crippen LogP contribution >= 0.6 is 0 Å². The molecular formula is C23H21FN4O2. The minimum Gasteiger partial charge on any atom is -0.506 e. The van der Waals surface area contributed by atoms with E-state index in [-0.39, 0.29) is 35.5 Å². The maximum absolute atomic E-state index is 13.0. The van der Waals surface area contributed by atoms with Crippen molar-refractivity contribution in [1.82, 2.24) is 10.3 Å². The van der Waals surface area contributed by atoms with Crippen LogP contribution in [0.3, 0.4) is 0 Å². The largest absolute Gasteiger partial charge is 0.506 e. The molecule has 2 aromatic carbocycles. The fourth-order valence-electron chi connectivity index (χ4n) is 2.99. The van der Waals surface area contributed by atoms with Crippen molar-refractivity contribution in [1.29, 1.82) is 5.26 Å². The van der Waals surface area contributed by atoms with Crippen LogP contribution in [0.4, 0.5) is 15.9 Å².